The van der Waals surface area contributed by atoms with Crippen molar-refractivity contribution >= 4 is 11.4 Å². The summed E-state index contributed by atoms with van der Waals surface area (Å²) in [5.74, 6) is 2.55. The Hall–Kier alpha value is -2.08. The second-order valence-electron chi connectivity index (χ2n) is 14.5. The molecule has 0 aromatic heterocycles. The Bertz CT molecular complexity index is 1050. The van der Waals surface area contributed by atoms with Crippen LogP contribution in [0, 0.1) is 30.6 Å². The van der Waals surface area contributed by atoms with Gasteiger partial charge in [-0.05, 0) is 127 Å². The molecule has 1 aromatic rings. The number of allylic oxidation sites excluding steroid dienone is 2. The number of unbranched alkanes of at least 4 members (excludes halogenated alkanes) is 2. The van der Waals surface area contributed by atoms with Gasteiger partial charge in [-0.3, -0.25) is 10.2 Å². The van der Waals surface area contributed by atoms with Crippen LogP contribution in [0.1, 0.15) is 124 Å². The minimum Gasteiger partial charge on any atom is -0.366 e. The molecule has 4 N–H and O–H groups in total. The van der Waals surface area contributed by atoms with E-state index in [1.165, 1.54) is 108 Å². The van der Waals surface area contributed by atoms with Crippen molar-refractivity contribution in [3.8, 4) is 0 Å². The average molecular weight is 634 g/mol. The number of benzene rings is 1. The predicted molar refractivity (Wildman–Crippen MR) is 203 cm³/mol. The highest BCUT2D eigenvalue weighted by Gasteiger charge is 2.27. The Morgan fingerprint density at radius 3 is 2.50 bits per heavy atom. The first kappa shape index (κ1) is 38.4. The number of anilines is 2. The summed E-state index contributed by atoms with van der Waals surface area (Å²) in [5, 5.41) is 15.1. The molecule has 260 valence electrons. The van der Waals surface area contributed by atoms with Gasteiger partial charge in [0.25, 0.3) is 0 Å². The van der Waals surface area contributed by atoms with E-state index in [4.69, 9.17) is 0 Å². The van der Waals surface area contributed by atoms with Crippen LogP contribution < -0.4 is 21.3 Å². The Labute approximate surface area is 284 Å². The molecule has 0 aliphatic carbocycles. The van der Waals surface area contributed by atoms with E-state index in [1.54, 1.807) is 0 Å². The van der Waals surface area contributed by atoms with Gasteiger partial charge in [-0.15, -0.1) is 0 Å². The molecule has 0 radical (unpaired) electrons. The Kier molecular flexibility index (Phi) is 17.5. The summed E-state index contributed by atoms with van der Waals surface area (Å²) >= 11 is 0. The number of hydrogen-bond donors (Lipinski definition) is 4. The third-order valence-corrected chi connectivity index (χ3v) is 11.0. The third-order valence-electron chi connectivity index (χ3n) is 11.0. The minimum atomic E-state index is 0.0884. The molecular formula is C41H71N5. The minimum absolute atomic E-state index is 0.0884. The summed E-state index contributed by atoms with van der Waals surface area (Å²) in [6, 6.07) is 6.65. The molecule has 2 heterocycles. The molecule has 0 bridgehead atoms. The lowest BCUT2D eigenvalue weighted by Gasteiger charge is -2.40. The molecule has 2 aliphatic heterocycles. The second kappa shape index (κ2) is 21.0. The van der Waals surface area contributed by atoms with Gasteiger partial charge in [0.2, 0.25) is 0 Å². The maximum atomic E-state index is 4.52. The number of piperidine rings is 2. The lowest BCUT2D eigenvalue weighted by molar-refractivity contribution is 0.104. The summed E-state index contributed by atoms with van der Waals surface area (Å²) in [7, 11) is 0. The normalized spacial score (nSPS) is 21.9. The van der Waals surface area contributed by atoms with Crippen LogP contribution in [0.4, 0.5) is 11.4 Å². The van der Waals surface area contributed by atoms with E-state index in [-0.39, 0.29) is 6.17 Å². The molecule has 46 heavy (non-hydrogen) atoms. The van der Waals surface area contributed by atoms with Crippen LogP contribution in [-0.2, 0) is 0 Å². The van der Waals surface area contributed by atoms with Crippen molar-refractivity contribution in [2.45, 2.75) is 137 Å². The molecule has 2 aliphatic rings. The van der Waals surface area contributed by atoms with Gasteiger partial charge in [0, 0.05) is 29.5 Å². The van der Waals surface area contributed by atoms with Crippen molar-refractivity contribution in [3.63, 3.8) is 0 Å². The van der Waals surface area contributed by atoms with E-state index < -0.39 is 0 Å². The average Bonchev–Trinajstić information content (AvgIpc) is 3.07. The fraction of sp³-hybridized carbons (Fsp3) is 0.707. The standard InChI is InChI=1S/C41H71N5/c1-9-13-15-19-31(5)35(11-3)28-36(12-4)32(6)24-25-42-40(18-10-2)45-39-29-38(22-20-33(39)7)44-34(8)37-21-23-41(43-30-37)46-26-16-14-17-27-46/h10,18,20,22,29,32,35-37,40-45H,5,8-9,11-17,19,21,23-28,30H2,1-4,6-7H3/b18-10+. The van der Waals surface area contributed by atoms with Gasteiger partial charge in [-0.2, -0.15) is 0 Å². The lowest BCUT2D eigenvalue weighted by atomic mass is 9.78. The topological polar surface area (TPSA) is 51.4 Å². The maximum Gasteiger partial charge on any atom is 0.0960 e. The molecule has 0 spiro atoms. The summed E-state index contributed by atoms with van der Waals surface area (Å²) < 4.78 is 0. The molecule has 5 nitrogen and oxygen atoms in total. The van der Waals surface area contributed by atoms with Crippen LogP contribution in [0.3, 0.4) is 0 Å². The van der Waals surface area contributed by atoms with Crippen LogP contribution in [-0.4, -0.2) is 43.4 Å². The van der Waals surface area contributed by atoms with Crippen molar-refractivity contribution < 1.29 is 0 Å². The third kappa shape index (κ3) is 12.5. The van der Waals surface area contributed by atoms with E-state index in [0.29, 0.717) is 23.9 Å². The number of rotatable bonds is 21. The number of hydrogen-bond acceptors (Lipinski definition) is 5. The molecule has 6 unspecified atom stereocenters. The van der Waals surface area contributed by atoms with Gasteiger partial charge in [0.1, 0.15) is 0 Å². The predicted octanol–water partition coefficient (Wildman–Crippen LogP) is 10.2. The summed E-state index contributed by atoms with van der Waals surface area (Å²) in [4.78, 5) is 2.65. The number of aryl methyl sites for hydroxylation is 1. The zero-order valence-electron chi connectivity index (χ0n) is 30.7. The molecule has 2 fully saturated rings. The highest BCUT2D eigenvalue weighted by molar-refractivity contribution is 5.63. The molecular weight excluding hydrogens is 562 g/mol. The largest absolute Gasteiger partial charge is 0.366 e. The molecule has 5 heteroatoms. The first-order chi connectivity index (χ1) is 22.3. The van der Waals surface area contributed by atoms with E-state index in [2.05, 4.69) is 111 Å². The van der Waals surface area contributed by atoms with E-state index >= 15 is 0 Å². The van der Waals surface area contributed by atoms with Gasteiger partial charge in [0.05, 0.1) is 12.3 Å². The lowest BCUT2D eigenvalue weighted by Crippen LogP contribution is -2.52. The van der Waals surface area contributed by atoms with Crippen LogP contribution >= 0.6 is 0 Å². The first-order valence-electron chi connectivity index (χ1n) is 19.1. The first-order valence-corrected chi connectivity index (χ1v) is 19.1. The van der Waals surface area contributed by atoms with Gasteiger partial charge < -0.3 is 16.0 Å². The zero-order valence-corrected chi connectivity index (χ0v) is 30.7. The van der Waals surface area contributed by atoms with Gasteiger partial charge in [-0.1, -0.05) is 90.3 Å². The number of nitrogens with zero attached hydrogens (tertiary/aromatic N) is 1. The molecule has 0 amide bonds. The second-order valence-corrected chi connectivity index (χ2v) is 14.5. The van der Waals surface area contributed by atoms with Crippen molar-refractivity contribution in [1.82, 2.24) is 15.5 Å². The van der Waals surface area contributed by atoms with Crippen molar-refractivity contribution in [2.24, 2.45) is 23.7 Å². The highest BCUT2D eigenvalue weighted by atomic mass is 15.3. The Morgan fingerprint density at radius 1 is 1.07 bits per heavy atom. The van der Waals surface area contributed by atoms with Crippen molar-refractivity contribution in [2.75, 3.05) is 36.8 Å². The number of nitrogens with one attached hydrogen (secondary N) is 4. The molecule has 6 atom stereocenters. The molecule has 3 rings (SSSR count). The summed E-state index contributed by atoms with van der Waals surface area (Å²) in [5.41, 5.74) is 6.13. The SMILES string of the molecule is C=C(CCCCC)C(CC)CC(CC)C(C)CCNC(/C=C/C)Nc1cc(NC(=C)C2CCC(N3CCCCC3)NC2)ccc1C. The number of likely N-dealkylation sites (tertiary alicyclic amines) is 1. The van der Waals surface area contributed by atoms with E-state index in [1.807, 2.05) is 0 Å². The smallest absolute Gasteiger partial charge is 0.0960 e. The Morgan fingerprint density at radius 2 is 1.85 bits per heavy atom. The zero-order chi connectivity index (χ0) is 33.3. The summed E-state index contributed by atoms with van der Waals surface area (Å²) in [6.45, 7) is 27.2. The van der Waals surface area contributed by atoms with E-state index in [9.17, 15) is 0 Å². The summed E-state index contributed by atoms with van der Waals surface area (Å²) in [6.07, 6.45) is 21.5. The fourth-order valence-electron chi connectivity index (χ4n) is 7.65. The van der Waals surface area contributed by atoms with Crippen LogP contribution in [0.5, 0.6) is 0 Å². The van der Waals surface area contributed by atoms with Gasteiger partial charge in [-0.25, -0.2) is 0 Å². The van der Waals surface area contributed by atoms with Gasteiger partial charge >= 0.3 is 0 Å². The van der Waals surface area contributed by atoms with Crippen LogP contribution in [0.25, 0.3) is 0 Å². The Balaban J connectivity index is 1.49. The molecule has 0 saturated carbocycles. The van der Waals surface area contributed by atoms with E-state index in [0.717, 1.165) is 36.1 Å². The molecule has 1 aromatic carbocycles. The maximum absolute atomic E-state index is 4.52. The van der Waals surface area contributed by atoms with Crippen LogP contribution in [0.15, 0.2) is 54.8 Å². The highest BCUT2D eigenvalue weighted by Crippen LogP contribution is 2.33. The van der Waals surface area contributed by atoms with Crippen LogP contribution in [0.2, 0.25) is 0 Å². The monoisotopic (exact) mass is 634 g/mol. The van der Waals surface area contributed by atoms with Crippen molar-refractivity contribution in [3.05, 3.63) is 60.3 Å². The fourth-order valence-corrected chi connectivity index (χ4v) is 7.65. The van der Waals surface area contributed by atoms with Gasteiger partial charge in [0.15, 0.2) is 0 Å². The quantitative estimate of drug-likeness (QED) is 0.0617. The van der Waals surface area contributed by atoms with Crippen molar-refractivity contribution in [1.29, 1.82) is 0 Å². The molecule has 2 saturated heterocycles.